The number of methoxy groups -OCH3 is 1. The van der Waals surface area contributed by atoms with Crippen molar-refractivity contribution in [1.82, 2.24) is 14.8 Å². The molecule has 0 radical (unpaired) electrons. The van der Waals surface area contributed by atoms with Gasteiger partial charge >= 0.3 is 6.09 Å². The fourth-order valence-corrected chi connectivity index (χ4v) is 7.13. The molecule has 1 saturated carbocycles. The topological polar surface area (TPSA) is 140 Å². The van der Waals surface area contributed by atoms with E-state index in [1.165, 1.54) is 30.6 Å². The predicted molar refractivity (Wildman–Crippen MR) is 148 cm³/mol. The first-order chi connectivity index (χ1) is 19.2. The summed E-state index contributed by atoms with van der Waals surface area (Å²) in [5.74, 6) is -0.516. The highest BCUT2D eigenvalue weighted by atomic mass is 32.2. The smallest absolute Gasteiger partial charge is 0.409 e. The molecule has 14 heteroatoms. The molecule has 0 bridgehead atoms. The molecule has 0 spiro atoms. The van der Waals surface area contributed by atoms with Crippen LogP contribution in [-0.4, -0.2) is 98.3 Å². The fraction of sp³-hybridized carbons (Fsp3) is 0.538. The minimum Gasteiger partial charge on any atom is -0.453 e. The number of piperazine rings is 1. The van der Waals surface area contributed by atoms with Crippen molar-refractivity contribution in [3.8, 4) is 0 Å². The molecule has 1 N–H and O–H groups in total. The number of oxime groups is 1. The normalized spacial score (nSPS) is 22.2. The maximum atomic E-state index is 13.3. The van der Waals surface area contributed by atoms with E-state index in [-0.39, 0.29) is 34.1 Å². The molecule has 2 amide bonds. The van der Waals surface area contributed by atoms with Crippen LogP contribution >= 0.6 is 11.3 Å². The Morgan fingerprint density at radius 2 is 1.98 bits per heavy atom. The molecule has 2 saturated heterocycles. The molecule has 1 aromatic carbocycles. The Kier molecular flexibility index (Phi) is 8.68. The number of nitrogens with zero attached hydrogens (tertiary/aromatic N) is 4. The molecule has 2 aromatic rings. The molecule has 1 aliphatic carbocycles. The first-order valence-corrected chi connectivity index (χ1v) is 15.6. The number of sulfone groups is 1. The molecule has 2 aliphatic heterocycles. The first-order valence-electron chi connectivity index (χ1n) is 13.2. The summed E-state index contributed by atoms with van der Waals surface area (Å²) in [6.45, 7) is 5.48. The minimum absolute atomic E-state index is 0.0200. The quantitative estimate of drug-likeness (QED) is 0.344. The second-order valence-electron chi connectivity index (χ2n) is 10.1. The lowest BCUT2D eigenvalue weighted by Crippen LogP contribution is -2.53. The highest BCUT2D eigenvalue weighted by molar-refractivity contribution is 7.92. The van der Waals surface area contributed by atoms with Crippen molar-refractivity contribution in [2.75, 3.05) is 45.3 Å². The SMILES string of the molecule is COC(=O)N1CCN(Cc2cnc(NC(=O)/C(=N/O[C@@H]3CCOC3)c3ccc(S(=O)(=O)C4CC4)cc3)s2)[C@@H](C)C1. The van der Waals surface area contributed by atoms with Crippen molar-refractivity contribution in [1.29, 1.82) is 0 Å². The molecule has 3 fully saturated rings. The summed E-state index contributed by atoms with van der Waals surface area (Å²) in [6, 6.07) is 6.30. The van der Waals surface area contributed by atoms with E-state index in [1.54, 1.807) is 23.2 Å². The molecule has 5 rings (SSSR count). The highest BCUT2D eigenvalue weighted by Crippen LogP contribution is 2.33. The molecule has 40 heavy (non-hydrogen) atoms. The summed E-state index contributed by atoms with van der Waals surface area (Å²) in [4.78, 5) is 40.3. The Morgan fingerprint density at radius 3 is 2.62 bits per heavy atom. The lowest BCUT2D eigenvalue weighted by molar-refractivity contribution is -0.110. The van der Waals surface area contributed by atoms with Gasteiger partial charge in [0.25, 0.3) is 5.91 Å². The van der Waals surface area contributed by atoms with Gasteiger partial charge in [-0.3, -0.25) is 15.0 Å². The average Bonchev–Trinajstić information content (AvgIpc) is 3.53. The molecule has 2 atom stereocenters. The van der Waals surface area contributed by atoms with E-state index >= 15 is 0 Å². The van der Waals surface area contributed by atoms with Crippen molar-refractivity contribution in [3.63, 3.8) is 0 Å². The minimum atomic E-state index is -3.35. The number of rotatable bonds is 9. The molecule has 3 heterocycles. The molecule has 1 aromatic heterocycles. The molecule has 216 valence electrons. The lowest BCUT2D eigenvalue weighted by atomic mass is 10.1. The number of nitrogens with one attached hydrogen (secondary N) is 1. The van der Waals surface area contributed by atoms with Crippen LogP contribution in [0.25, 0.3) is 0 Å². The molecule has 0 unspecified atom stereocenters. The summed E-state index contributed by atoms with van der Waals surface area (Å²) >= 11 is 1.36. The maximum Gasteiger partial charge on any atom is 0.409 e. The van der Waals surface area contributed by atoms with E-state index < -0.39 is 15.7 Å². The van der Waals surface area contributed by atoms with Crippen LogP contribution in [0, 0.1) is 0 Å². The van der Waals surface area contributed by atoms with Crippen molar-refractivity contribution >= 4 is 44.0 Å². The summed E-state index contributed by atoms with van der Waals surface area (Å²) in [5.41, 5.74) is 0.451. The number of carbonyl (C=O) groups is 2. The van der Waals surface area contributed by atoms with E-state index in [9.17, 15) is 18.0 Å². The number of ether oxygens (including phenoxy) is 2. The van der Waals surface area contributed by atoms with Gasteiger partial charge in [-0.15, -0.1) is 11.3 Å². The largest absolute Gasteiger partial charge is 0.453 e. The Balaban J connectivity index is 1.26. The van der Waals surface area contributed by atoms with Crippen LogP contribution in [0.5, 0.6) is 0 Å². The van der Waals surface area contributed by atoms with Crippen molar-refractivity contribution in [2.45, 2.75) is 55.0 Å². The third-order valence-electron chi connectivity index (χ3n) is 7.15. The number of carbonyl (C=O) groups excluding carboxylic acids is 2. The van der Waals surface area contributed by atoms with Gasteiger partial charge in [0.05, 0.1) is 30.5 Å². The molecular weight excluding hydrogens is 558 g/mol. The van der Waals surface area contributed by atoms with Crippen LogP contribution in [0.4, 0.5) is 9.93 Å². The zero-order valence-electron chi connectivity index (χ0n) is 22.4. The van der Waals surface area contributed by atoms with E-state index in [0.717, 1.165) is 4.88 Å². The Labute approximate surface area is 237 Å². The number of hydrogen-bond acceptors (Lipinski definition) is 11. The number of anilines is 1. The van der Waals surface area contributed by atoms with Gasteiger partial charge in [-0.05, 0) is 31.9 Å². The predicted octanol–water partition coefficient (Wildman–Crippen LogP) is 2.50. The third-order valence-corrected chi connectivity index (χ3v) is 10.3. The van der Waals surface area contributed by atoms with Crippen LogP contribution in [0.2, 0.25) is 0 Å². The van der Waals surface area contributed by atoms with Crippen LogP contribution in [0.15, 0.2) is 40.5 Å². The second kappa shape index (κ2) is 12.2. The van der Waals surface area contributed by atoms with Crippen LogP contribution < -0.4 is 5.32 Å². The summed E-state index contributed by atoms with van der Waals surface area (Å²) in [7, 11) is -1.97. The monoisotopic (exact) mass is 591 g/mol. The van der Waals surface area contributed by atoms with Crippen molar-refractivity contribution in [3.05, 3.63) is 40.9 Å². The Morgan fingerprint density at radius 1 is 1.20 bits per heavy atom. The third kappa shape index (κ3) is 6.62. The Hall–Kier alpha value is -3.07. The van der Waals surface area contributed by atoms with Gasteiger partial charge in [-0.2, -0.15) is 0 Å². The van der Waals surface area contributed by atoms with Crippen LogP contribution in [0.3, 0.4) is 0 Å². The number of aromatic nitrogens is 1. The van der Waals surface area contributed by atoms with Gasteiger partial charge in [-0.1, -0.05) is 17.3 Å². The van der Waals surface area contributed by atoms with E-state index in [4.69, 9.17) is 14.3 Å². The zero-order chi connectivity index (χ0) is 28.3. The van der Waals surface area contributed by atoms with Gasteiger partial charge < -0.3 is 19.2 Å². The number of thiazole rings is 1. The van der Waals surface area contributed by atoms with Gasteiger partial charge in [0.15, 0.2) is 26.8 Å². The summed E-state index contributed by atoms with van der Waals surface area (Å²) < 4.78 is 35.3. The Bertz CT molecular complexity index is 1350. The van der Waals surface area contributed by atoms with Gasteiger partial charge in [0.2, 0.25) is 0 Å². The summed E-state index contributed by atoms with van der Waals surface area (Å²) in [6.07, 6.45) is 3.16. The first kappa shape index (κ1) is 28.5. The second-order valence-corrected chi connectivity index (χ2v) is 13.5. The molecular formula is C26H33N5O7S2. The van der Waals surface area contributed by atoms with Gasteiger partial charge in [0.1, 0.15) is 0 Å². The van der Waals surface area contributed by atoms with Crippen LogP contribution in [-0.2, 0) is 35.5 Å². The molecule has 3 aliphatic rings. The lowest BCUT2D eigenvalue weighted by Gasteiger charge is -2.38. The van der Waals surface area contributed by atoms with Gasteiger partial charge in [-0.25, -0.2) is 18.2 Å². The number of amides is 2. The number of hydrogen-bond donors (Lipinski definition) is 1. The van der Waals surface area contributed by atoms with Crippen LogP contribution in [0.1, 0.15) is 36.6 Å². The zero-order valence-corrected chi connectivity index (χ0v) is 24.1. The van der Waals surface area contributed by atoms with E-state index in [0.29, 0.717) is 69.4 Å². The number of benzene rings is 1. The van der Waals surface area contributed by atoms with E-state index in [1.807, 2.05) is 0 Å². The molecule has 12 nitrogen and oxygen atoms in total. The van der Waals surface area contributed by atoms with E-state index in [2.05, 4.69) is 27.3 Å². The summed E-state index contributed by atoms with van der Waals surface area (Å²) in [5, 5.41) is 7.05. The highest BCUT2D eigenvalue weighted by Gasteiger charge is 2.37. The standard InChI is InChI=1S/C26H33N5O7S2/c1-17-14-31(26(33)36-2)11-10-30(17)15-20-13-27-25(39-20)28-24(32)23(29-38-19-9-12-37-16-19)18-3-5-21(6-4-18)40(34,35)22-7-8-22/h3-6,13,17,19,22H,7-12,14-16H2,1-2H3,(H,27,28,32)/b29-23+/t17-,19+/m0/s1. The van der Waals surface area contributed by atoms with Crippen molar-refractivity contribution < 1.29 is 32.3 Å². The average molecular weight is 592 g/mol. The fourth-order valence-electron chi connectivity index (χ4n) is 4.64. The maximum absolute atomic E-state index is 13.3. The van der Waals surface area contributed by atoms with Gasteiger partial charge in [0, 0.05) is 55.3 Å². The van der Waals surface area contributed by atoms with Crippen molar-refractivity contribution in [2.24, 2.45) is 5.16 Å².